The van der Waals surface area contributed by atoms with Crippen molar-refractivity contribution in [3.05, 3.63) is 70.8 Å². The van der Waals surface area contributed by atoms with Gasteiger partial charge in [-0.25, -0.2) is 0 Å². The molecular formula is C17H19Cl. The van der Waals surface area contributed by atoms with Crippen molar-refractivity contribution in [3.63, 3.8) is 0 Å². The molecule has 2 aromatic rings. The predicted molar refractivity (Wildman–Crippen MR) is 79.3 cm³/mol. The predicted octanol–water partition coefficient (Wildman–Crippen LogP) is 5.28. The number of halogens is 1. The molecule has 0 bridgehead atoms. The van der Waals surface area contributed by atoms with Gasteiger partial charge in [-0.1, -0.05) is 61.9 Å². The Labute approximate surface area is 115 Å². The maximum atomic E-state index is 6.57. The molecule has 1 atom stereocenters. The van der Waals surface area contributed by atoms with Crippen LogP contribution in [0.3, 0.4) is 0 Å². The van der Waals surface area contributed by atoms with E-state index in [1.165, 1.54) is 28.7 Å². The maximum Gasteiger partial charge on any atom is 0.0838 e. The molecule has 0 aliphatic heterocycles. The molecule has 0 fully saturated rings. The van der Waals surface area contributed by atoms with Crippen molar-refractivity contribution in [2.75, 3.05) is 0 Å². The average Bonchev–Trinajstić information content (AvgIpc) is 2.40. The fourth-order valence-electron chi connectivity index (χ4n) is 2.19. The van der Waals surface area contributed by atoms with Crippen molar-refractivity contribution in [2.45, 2.75) is 32.1 Å². The van der Waals surface area contributed by atoms with Crippen LogP contribution in [0.2, 0.25) is 0 Å². The third-order valence-corrected chi connectivity index (χ3v) is 3.76. The van der Waals surface area contributed by atoms with Crippen molar-refractivity contribution in [1.82, 2.24) is 0 Å². The van der Waals surface area contributed by atoms with E-state index in [0.717, 1.165) is 6.42 Å². The second kappa shape index (κ2) is 6.06. The maximum absolute atomic E-state index is 6.57. The summed E-state index contributed by atoms with van der Waals surface area (Å²) >= 11 is 6.57. The van der Waals surface area contributed by atoms with E-state index in [1.807, 2.05) is 12.1 Å². The Morgan fingerprint density at radius 3 is 2.28 bits per heavy atom. The lowest BCUT2D eigenvalue weighted by atomic mass is 9.98. The summed E-state index contributed by atoms with van der Waals surface area (Å²) in [5.74, 6) is 0. The summed E-state index contributed by atoms with van der Waals surface area (Å²) in [4.78, 5) is 0. The molecule has 0 radical (unpaired) electrons. The third kappa shape index (κ3) is 2.94. The molecule has 0 spiro atoms. The molecule has 0 amide bonds. The van der Waals surface area contributed by atoms with E-state index in [1.54, 1.807) is 0 Å². The molecule has 0 heterocycles. The molecular weight excluding hydrogens is 240 g/mol. The number of alkyl halides is 1. The van der Waals surface area contributed by atoms with Gasteiger partial charge in [0.05, 0.1) is 5.38 Å². The van der Waals surface area contributed by atoms with Gasteiger partial charge in [0.15, 0.2) is 0 Å². The average molecular weight is 259 g/mol. The quantitative estimate of drug-likeness (QED) is 0.655. The second-order valence-electron chi connectivity index (χ2n) is 4.71. The van der Waals surface area contributed by atoms with Gasteiger partial charge in [0, 0.05) is 0 Å². The number of rotatable bonds is 4. The summed E-state index contributed by atoms with van der Waals surface area (Å²) in [7, 11) is 0. The van der Waals surface area contributed by atoms with Crippen LogP contribution in [-0.2, 0) is 6.42 Å². The molecule has 0 aliphatic carbocycles. The molecule has 2 rings (SSSR count). The van der Waals surface area contributed by atoms with E-state index in [9.17, 15) is 0 Å². The summed E-state index contributed by atoms with van der Waals surface area (Å²) in [6.07, 6.45) is 2.32. The zero-order valence-corrected chi connectivity index (χ0v) is 11.7. The monoisotopic (exact) mass is 258 g/mol. The molecule has 94 valence electrons. The molecule has 0 saturated heterocycles. The van der Waals surface area contributed by atoms with Crippen molar-refractivity contribution in [1.29, 1.82) is 0 Å². The lowest BCUT2D eigenvalue weighted by molar-refractivity contribution is 0.920. The van der Waals surface area contributed by atoms with E-state index in [2.05, 4.69) is 50.2 Å². The standard InChI is InChI=1S/C17H19Cl/c1-3-6-14-9-11-15(12-10-14)17(18)16-8-5-4-7-13(16)2/h4-5,7-12,17H,3,6H2,1-2H3. The number of benzene rings is 2. The zero-order valence-electron chi connectivity index (χ0n) is 11.0. The fourth-order valence-corrected chi connectivity index (χ4v) is 2.58. The van der Waals surface area contributed by atoms with Gasteiger partial charge in [-0.2, -0.15) is 0 Å². The Morgan fingerprint density at radius 2 is 1.67 bits per heavy atom. The first-order chi connectivity index (χ1) is 8.72. The van der Waals surface area contributed by atoms with Gasteiger partial charge in [0.1, 0.15) is 0 Å². The Kier molecular flexibility index (Phi) is 4.43. The minimum atomic E-state index is -0.0538. The minimum absolute atomic E-state index is 0.0538. The lowest BCUT2D eigenvalue weighted by Crippen LogP contribution is -1.96. The number of hydrogen-bond acceptors (Lipinski definition) is 0. The Bertz CT molecular complexity index is 499. The molecule has 0 aliphatic rings. The van der Waals surface area contributed by atoms with Crippen LogP contribution in [0.25, 0.3) is 0 Å². The summed E-state index contributed by atoms with van der Waals surface area (Å²) in [6.45, 7) is 4.31. The van der Waals surface area contributed by atoms with Crippen molar-refractivity contribution >= 4 is 11.6 Å². The smallest absolute Gasteiger partial charge is 0.0838 e. The van der Waals surface area contributed by atoms with Crippen LogP contribution in [0.5, 0.6) is 0 Å². The van der Waals surface area contributed by atoms with Gasteiger partial charge in [-0.05, 0) is 35.6 Å². The third-order valence-electron chi connectivity index (χ3n) is 3.27. The van der Waals surface area contributed by atoms with Crippen molar-refractivity contribution in [2.24, 2.45) is 0 Å². The summed E-state index contributed by atoms with van der Waals surface area (Å²) in [5.41, 5.74) is 5.00. The van der Waals surface area contributed by atoms with Gasteiger partial charge in [-0.15, -0.1) is 11.6 Å². The molecule has 1 unspecified atom stereocenters. The largest absolute Gasteiger partial charge is 0.113 e. The molecule has 0 aromatic heterocycles. The van der Waals surface area contributed by atoms with Crippen LogP contribution in [0.1, 0.15) is 41.0 Å². The second-order valence-corrected chi connectivity index (χ2v) is 5.15. The van der Waals surface area contributed by atoms with Crippen molar-refractivity contribution in [3.8, 4) is 0 Å². The van der Waals surface area contributed by atoms with Crippen molar-refractivity contribution < 1.29 is 0 Å². The zero-order chi connectivity index (χ0) is 13.0. The molecule has 0 N–H and O–H groups in total. The van der Waals surface area contributed by atoms with Gasteiger partial charge in [0.2, 0.25) is 0 Å². The number of hydrogen-bond donors (Lipinski definition) is 0. The van der Waals surface area contributed by atoms with Gasteiger partial charge in [-0.3, -0.25) is 0 Å². The Hall–Kier alpha value is -1.27. The van der Waals surface area contributed by atoms with E-state index in [0.29, 0.717) is 0 Å². The Balaban J connectivity index is 2.23. The number of aryl methyl sites for hydroxylation is 2. The van der Waals surface area contributed by atoms with E-state index < -0.39 is 0 Å². The van der Waals surface area contributed by atoms with Crippen LogP contribution in [-0.4, -0.2) is 0 Å². The minimum Gasteiger partial charge on any atom is -0.113 e. The van der Waals surface area contributed by atoms with Gasteiger partial charge < -0.3 is 0 Å². The van der Waals surface area contributed by atoms with Crippen LogP contribution in [0, 0.1) is 6.92 Å². The van der Waals surface area contributed by atoms with Crippen LogP contribution >= 0.6 is 11.6 Å². The van der Waals surface area contributed by atoms with Crippen LogP contribution < -0.4 is 0 Å². The first kappa shape index (κ1) is 13.2. The van der Waals surface area contributed by atoms with Crippen LogP contribution in [0.4, 0.5) is 0 Å². The Morgan fingerprint density at radius 1 is 1.00 bits per heavy atom. The highest BCUT2D eigenvalue weighted by atomic mass is 35.5. The summed E-state index contributed by atoms with van der Waals surface area (Å²) < 4.78 is 0. The van der Waals surface area contributed by atoms with E-state index in [4.69, 9.17) is 11.6 Å². The molecule has 0 nitrogen and oxygen atoms in total. The highest BCUT2D eigenvalue weighted by Crippen LogP contribution is 2.30. The first-order valence-corrected chi connectivity index (χ1v) is 6.94. The van der Waals surface area contributed by atoms with E-state index >= 15 is 0 Å². The fraction of sp³-hybridized carbons (Fsp3) is 0.294. The molecule has 0 saturated carbocycles. The lowest BCUT2D eigenvalue weighted by Gasteiger charge is -2.13. The highest BCUT2D eigenvalue weighted by Gasteiger charge is 2.12. The molecule has 1 heteroatoms. The topological polar surface area (TPSA) is 0 Å². The molecule has 2 aromatic carbocycles. The van der Waals surface area contributed by atoms with E-state index in [-0.39, 0.29) is 5.38 Å². The molecule has 18 heavy (non-hydrogen) atoms. The van der Waals surface area contributed by atoms with Gasteiger partial charge in [0.25, 0.3) is 0 Å². The van der Waals surface area contributed by atoms with Gasteiger partial charge >= 0.3 is 0 Å². The SMILES string of the molecule is CCCc1ccc(C(Cl)c2ccccc2C)cc1. The normalized spacial score (nSPS) is 12.4. The highest BCUT2D eigenvalue weighted by molar-refractivity contribution is 6.22. The first-order valence-electron chi connectivity index (χ1n) is 6.50. The van der Waals surface area contributed by atoms with Crippen LogP contribution in [0.15, 0.2) is 48.5 Å². The summed E-state index contributed by atoms with van der Waals surface area (Å²) in [6, 6.07) is 17.0. The summed E-state index contributed by atoms with van der Waals surface area (Å²) in [5, 5.41) is -0.0538.